The Morgan fingerprint density at radius 1 is 1.04 bits per heavy atom. The highest BCUT2D eigenvalue weighted by molar-refractivity contribution is 6.53. The summed E-state index contributed by atoms with van der Waals surface area (Å²) in [7, 11) is 0. The number of amides is 1. The Kier molecular flexibility index (Phi) is 3.88. The molecule has 0 aromatic heterocycles. The highest BCUT2D eigenvalue weighted by Gasteiger charge is 2.44. The van der Waals surface area contributed by atoms with E-state index in [2.05, 4.69) is 41.5 Å². The fraction of sp³-hybridized carbons (Fsp3) is 0.238. The average Bonchev–Trinajstić information content (AvgIpc) is 2.78. The summed E-state index contributed by atoms with van der Waals surface area (Å²) in [5.41, 5.74) is 5.83. The number of nitrogens with zero attached hydrogens (tertiary/aromatic N) is 2. The second kappa shape index (κ2) is 6.20. The number of fused-ring (bicyclic) bond motifs is 1. The van der Waals surface area contributed by atoms with Crippen molar-refractivity contribution in [1.29, 1.82) is 0 Å². The molecule has 2 aromatic rings. The lowest BCUT2D eigenvalue weighted by Crippen LogP contribution is -2.30. The van der Waals surface area contributed by atoms with Crippen LogP contribution in [0.5, 0.6) is 0 Å². The first kappa shape index (κ1) is 15.6. The minimum atomic E-state index is -0.153. The second-order valence-electron chi connectivity index (χ2n) is 6.52. The van der Waals surface area contributed by atoms with E-state index in [9.17, 15) is 4.79 Å². The number of aliphatic imine (C=N–C) groups is 1. The van der Waals surface area contributed by atoms with E-state index < -0.39 is 0 Å². The van der Waals surface area contributed by atoms with Gasteiger partial charge in [-0.2, -0.15) is 0 Å². The molecule has 1 fully saturated rings. The van der Waals surface area contributed by atoms with Crippen molar-refractivity contribution in [1.82, 2.24) is 5.32 Å². The van der Waals surface area contributed by atoms with Crippen LogP contribution in [0.1, 0.15) is 24.1 Å². The van der Waals surface area contributed by atoms with Crippen LogP contribution in [-0.2, 0) is 4.79 Å². The molecule has 1 amide bonds. The minimum Gasteiger partial charge on any atom is -0.386 e. The van der Waals surface area contributed by atoms with Gasteiger partial charge < -0.3 is 5.32 Å². The van der Waals surface area contributed by atoms with Crippen molar-refractivity contribution in [2.24, 2.45) is 4.99 Å². The lowest BCUT2D eigenvalue weighted by Gasteiger charge is -2.26. The van der Waals surface area contributed by atoms with Crippen molar-refractivity contribution in [3.05, 3.63) is 77.0 Å². The molecule has 0 bridgehead atoms. The fourth-order valence-corrected chi connectivity index (χ4v) is 3.57. The molecule has 0 aliphatic carbocycles. The van der Waals surface area contributed by atoms with Gasteiger partial charge in [-0.05, 0) is 31.5 Å². The van der Waals surface area contributed by atoms with Gasteiger partial charge in [0.1, 0.15) is 5.71 Å². The summed E-state index contributed by atoms with van der Waals surface area (Å²) < 4.78 is 0. The van der Waals surface area contributed by atoms with E-state index in [1.807, 2.05) is 42.2 Å². The van der Waals surface area contributed by atoms with E-state index in [4.69, 9.17) is 0 Å². The first-order valence-electron chi connectivity index (χ1n) is 8.61. The van der Waals surface area contributed by atoms with Gasteiger partial charge in [-0.3, -0.25) is 14.7 Å². The van der Waals surface area contributed by atoms with Crippen molar-refractivity contribution in [3.63, 3.8) is 0 Å². The molecule has 2 aliphatic heterocycles. The van der Waals surface area contributed by atoms with Gasteiger partial charge in [-0.25, -0.2) is 0 Å². The van der Waals surface area contributed by atoms with Crippen LogP contribution >= 0.6 is 0 Å². The molecule has 126 valence electrons. The Morgan fingerprint density at radius 3 is 2.48 bits per heavy atom. The molecule has 4 nitrogen and oxygen atoms in total. The first-order valence-corrected chi connectivity index (χ1v) is 8.61. The van der Waals surface area contributed by atoms with Crippen LogP contribution in [0, 0.1) is 6.92 Å². The van der Waals surface area contributed by atoms with Crippen LogP contribution in [0.25, 0.3) is 0 Å². The molecule has 1 N–H and O–H groups in total. The molecule has 4 rings (SSSR count). The van der Waals surface area contributed by atoms with Gasteiger partial charge in [0.2, 0.25) is 0 Å². The molecule has 2 aliphatic rings. The maximum absolute atomic E-state index is 13.2. The largest absolute Gasteiger partial charge is 0.386 e. The Labute approximate surface area is 147 Å². The number of hydrogen-bond acceptors (Lipinski definition) is 3. The maximum Gasteiger partial charge on any atom is 0.277 e. The highest BCUT2D eigenvalue weighted by Crippen LogP contribution is 2.41. The summed E-state index contributed by atoms with van der Waals surface area (Å²) in [6.45, 7) is 5.49. The van der Waals surface area contributed by atoms with Crippen LogP contribution in [0.4, 0.5) is 5.69 Å². The summed E-state index contributed by atoms with van der Waals surface area (Å²) in [5.74, 6) is -0.0187. The Hall–Kier alpha value is -2.88. The van der Waals surface area contributed by atoms with E-state index in [0.29, 0.717) is 12.3 Å². The number of carbonyl (C=O) groups excluding carboxylic acids is 1. The van der Waals surface area contributed by atoms with Crippen LogP contribution in [0.2, 0.25) is 0 Å². The van der Waals surface area contributed by atoms with Crippen molar-refractivity contribution in [2.75, 3.05) is 18.0 Å². The number of para-hydroxylation sites is 1. The van der Waals surface area contributed by atoms with Gasteiger partial charge in [0.05, 0.1) is 12.6 Å². The second-order valence-corrected chi connectivity index (χ2v) is 6.52. The summed E-state index contributed by atoms with van der Waals surface area (Å²) in [6.07, 6.45) is 0. The molecule has 1 saturated heterocycles. The normalized spacial score (nSPS) is 20.1. The first-order chi connectivity index (χ1) is 12.2. The van der Waals surface area contributed by atoms with Gasteiger partial charge in [-0.1, -0.05) is 48.0 Å². The van der Waals surface area contributed by atoms with Gasteiger partial charge in [0.25, 0.3) is 5.91 Å². The Bertz CT molecular complexity index is 866. The summed E-state index contributed by atoms with van der Waals surface area (Å²) in [5, 5.41) is 3.41. The number of benzene rings is 2. The number of allylic oxidation sites excluding steroid dienone is 1. The standard InChI is InChI=1S/C21H21N3O/c1-14-8-10-16(11-9-14)20-18-15(2)22-12-13-23-19(18)21(25)24(20)17-6-4-3-5-7-17/h3-11,20,22H,12-13H2,1-2H3. The third kappa shape index (κ3) is 2.64. The molecule has 0 spiro atoms. The lowest BCUT2D eigenvalue weighted by atomic mass is 9.96. The van der Waals surface area contributed by atoms with Crippen LogP contribution in [0.3, 0.4) is 0 Å². The molecule has 0 saturated carbocycles. The molecule has 1 unspecified atom stereocenters. The van der Waals surface area contributed by atoms with E-state index in [0.717, 1.165) is 29.1 Å². The van der Waals surface area contributed by atoms with Crippen LogP contribution in [0.15, 0.2) is 70.9 Å². The maximum atomic E-state index is 13.2. The van der Waals surface area contributed by atoms with Crippen LogP contribution < -0.4 is 10.2 Å². The molecule has 25 heavy (non-hydrogen) atoms. The zero-order valence-electron chi connectivity index (χ0n) is 14.5. The van der Waals surface area contributed by atoms with Crippen molar-refractivity contribution >= 4 is 17.3 Å². The van der Waals surface area contributed by atoms with Gasteiger partial charge in [-0.15, -0.1) is 0 Å². The number of hydrogen-bond donors (Lipinski definition) is 1. The smallest absolute Gasteiger partial charge is 0.277 e. The average molecular weight is 331 g/mol. The van der Waals surface area contributed by atoms with Crippen molar-refractivity contribution < 1.29 is 4.79 Å². The third-order valence-electron chi connectivity index (χ3n) is 4.81. The molecular weight excluding hydrogens is 310 g/mol. The summed E-state index contributed by atoms with van der Waals surface area (Å²) >= 11 is 0. The predicted molar refractivity (Wildman–Crippen MR) is 101 cm³/mol. The Balaban J connectivity index is 1.93. The molecule has 1 atom stereocenters. The van der Waals surface area contributed by atoms with E-state index in [1.165, 1.54) is 5.56 Å². The topological polar surface area (TPSA) is 44.7 Å². The van der Waals surface area contributed by atoms with Crippen LogP contribution in [-0.4, -0.2) is 24.7 Å². The van der Waals surface area contributed by atoms with Crippen molar-refractivity contribution in [2.45, 2.75) is 19.9 Å². The number of aryl methyl sites for hydroxylation is 1. The quantitative estimate of drug-likeness (QED) is 0.917. The zero-order valence-corrected chi connectivity index (χ0v) is 14.5. The number of carbonyl (C=O) groups is 1. The minimum absolute atomic E-state index is 0.0187. The lowest BCUT2D eigenvalue weighted by molar-refractivity contribution is -0.112. The molecular formula is C21H21N3O. The number of nitrogens with one attached hydrogen (secondary N) is 1. The monoisotopic (exact) mass is 331 g/mol. The van der Waals surface area contributed by atoms with E-state index in [-0.39, 0.29) is 11.9 Å². The SMILES string of the molecule is CC1=C2C(=NCCN1)C(=O)N(c1ccccc1)C2c1ccc(C)cc1. The van der Waals surface area contributed by atoms with Gasteiger partial charge in [0.15, 0.2) is 0 Å². The number of rotatable bonds is 2. The molecule has 0 radical (unpaired) electrons. The third-order valence-corrected chi connectivity index (χ3v) is 4.81. The summed E-state index contributed by atoms with van der Waals surface area (Å²) in [6, 6.07) is 18.1. The van der Waals surface area contributed by atoms with Crippen molar-refractivity contribution in [3.8, 4) is 0 Å². The summed E-state index contributed by atoms with van der Waals surface area (Å²) in [4.78, 5) is 19.7. The van der Waals surface area contributed by atoms with E-state index in [1.54, 1.807) is 0 Å². The molecule has 2 heterocycles. The van der Waals surface area contributed by atoms with Gasteiger partial charge >= 0.3 is 0 Å². The number of anilines is 1. The van der Waals surface area contributed by atoms with Gasteiger partial charge in [0, 0.05) is 23.5 Å². The molecule has 2 aromatic carbocycles. The highest BCUT2D eigenvalue weighted by atomic mass is 16.2. The molecule has 4 heteroatoms. The van der Waals surface area contributed by atoms with E-state index >= 15 is 0 Å². The zero-order chi connectivity index (χ0) is 17.4. The Morgan fingerprint density at radius 2 is 1.76 bits per heavy atom. The fourth-order valence-electron chi connectivity index (χ4n) is 3.57. The predicted octanol–water partition coefficient (Wildman–Crippen LogP) is 3.40.